The Balaban J connectivity index is 1.47. The highest BCUT2D eigenvalue weighted by atomic mass is 16.5. The first-order chi connectivity index (χ1) is 16.0. The summed E-state index contributed by atoms with van der Waals surface area (Å²) < 4.78 is 10.7. The lowest BCUT2D eigenvalue weighted by Gasteiger charge is -2.14. The van der Waals surface area contributed by atoms with Crippen molar-refractivity contribution in [1.29, 1.82) is 0 Å². The first kappa shape index (κ1) is 22.1. The van der Waals surface area contributed by atoms with E-state index < -0.39 is 17.9 Å². The van der Waals surface area contributed by atoms with Crippen LogP contribution in [-0.2, 0) is 17.8 Å². The molecule has 1 amide bonds. The molecule has 1 unspecified atom stereocenters. The molecule has 7 heteroatoms. The van der Waals surface area contributed by atoms with Crippen molar-refractivity contribution >= 4 is 22.8 Å². The predicted molar refractivity (Wildman–Crippen MR) is 123 cm³/mol. The minimum absolute atomic E-state index is 0.0311. The molecule has 0 fully saturated rings. The largest absolute Gasteiger partial charge is 0.497 e. The lowest BCUT2D eigenvalue weighted by Crippen LogP contribution is -2.42. The molecule has 0 saturated carbocycles. The molecule has 3 aromatic carbocycles. The molecule has 1 heterocycles. The van der Waals surface area contributed by atoms with E-state index in [0.29, 0.717) is 16.7 Å². The lowest BCUT2D eigenvalue weighted by molar-refractivity contribution is -0.139. The Bertz CT molecular complexity index is 1290. The molecule has 0 aliphatic rings. The van der Waals surface area contributed by atoms with Gasteiger partial charge in [0, 0.05) is 11.8 Å². The molecule has 0 bridgehead atoms. The van der Waals surface area contributed by atoms with Gasteiger partial charge in [-0.1, -0.05) is 42.5 Å². The second kappa shape index (κ2) is 9.58. The van der Waals surface area contributed by atoms with Gasteiger partial charge in [0.2, 0.25) is 0 Å². The van der Waals surface area contributed by atoms with Gasteiger partial charge in [-0.2, -0.15) is 0 Å². The van der Waals surface area contributed by atoms with E-state index in [1.165, 1.54) is 0 Å². The van der Waals surface area contributed by atoms with Crippen LogP contribution in [0, 0.1) is 0 Å². The van der Waals surface area contributed by atoms with Crippen LogP contribution in [0.25, 0.3) is 22.1 Å². The van der Waals surface area contributed by atoms with Crippen molar-refractivity contribution in [2.24, 2.45) is 0 Å². The summed E-state index contributed by atoms with van der Waals surface area (Å²) in [6.07, 6.45) is 0.117. The number of rotatable bonds is 8. The highest BCUT2D eigenvalue weighted by molar-refractivity contribution is 5.98. The van der Waals surface area contributed by atoms with Crippen LogP contribution in [0.5, 0.6) is 5.75 Å². The van der Waals surface area contributed by atoms with Crippen LogP contribution in [0.3, 0.4) is 0 Å². The number of carboxylic acids is 1. The number of amides is 1. The Labute approximate surface area is 190 Å². The summed E-state index contributed by atoms with van der Waals surface area (Å²) >= 11 is 0. The molecule has 1 atom stereocenters. The average molecular weight is 445 g/mol. The number of fused-ring (bicyclic) bond motifs is 1. The van der Waals surface area contributed by atoms with Gasteiger partial charge in [0.05, 0.1) is 13.7 Å². The van der Waals surface area contributed by atoms with Crippen LogP contribution in [0.4, 0.5) is 0 Å². The minimum Gasteiger partial charge on any atom is -0.497 e. The number of hydrogen-bond acceptors (Lipinski definition) is 5. The molecule has 0 aliphatic carbocycles. The Morgan fingerprint density at radius 1 is 0.970 bits per heavy atom. The van der Waals surface area contributed by atoms with E-state index in [1.807, 2.05) is 48.5 Å². The molecule has 1 aromatic heterocycles. The number of hydrogen-bond donors (Lipinski definition) is 3. The topological polar surface area (TPSA) is 109 Å². The Morgan fingerprint density at radius 2 is 1.76 bits per heavy atom. The Morgan fingerprint density at radius 3 is 2.45 bits per heavy atom. The van der Waals surface area contributed by atoms with E-state index in [1.54, 1.807) is 31.4 Å². The third-order valence-corrected chi connectivity index (χ3v) is 5.39. The predicted octanol–water partition coefficient (Wildman–Crippen LogP) is 4.03. The maximum atomic E-state index is 12.7. The number of carbonyl (C=O) groups excluding carboxylic acids is 1. The van der Waals surface area contributed by atoms with Crippen molar-refractivity contribution in [3.05, 3.63) is 89.7 Å². The molecule has 4 rings (SSSR count). The summed E-state index contributed by atoms with van der Waals surface area (Å²) in [6, 6.07) is 20.6. The fourth-order valence-corrected chi connectivity index (χ4v) is 3.61. The van der Waals surface area contributed by atoms with Gasteiger partial charge in [0.1, 0.15) is 17.4 Å². The van der Waals surface area contributed by atoms with Gasteiger partial charge in [-0.05, 0) is 52.6 Å². The number of ether oxygens (including phenoxy) is 1. The molecule has 0 aliphatic heterocycles. The van der Waals surface area contributed by atoms with E-state index in [9.17, 15) is 19.8 Å². The normalized spacial score (nSPS) is 11.8. The first-order valence-corrected chi connectivity index (χ1v) is 10.4. The number of carboxylic acid groups (broad SMARTS) is 1. The van der Waals surface area contributed by atoms with E-state index in [4.69, 9.17) is 9.15 Å². The molecule has 7 nitrogen and oxygen atoms in total. The quantitative estimate of drug-likeness (QED) is 0.378. The number of carbonyl (C=O) groups is 2. The smallest absolute Gasteiger partial charge is 0.326 e. The maximum Gasteiger partial charge on any atom is 0.326 e. The second-order valence-corrected chi connectivity index (χ2v) is 7.64. The summed E-state index contributed by atoms with van der Waals surface area (Å²) in [6.45, 7) is -0.0370. The van der Waals surface area contributed by atoms with Crippen LogP contribution < -0.4 is 10.1 Å². The van der Waals surface area contributed by atoms with Crippen LogP contribution in [-0.4, -0.2) is 35.2 Å². The molecule has 0 saturated heterocycles. The number of aliphatic carboxylic acids is 1. The van der Waals surface area contributed by atoms with E-state index >= 15 is 0 Å². The van der Waals surface area contributed by atoms with Gasteiger partial charge < -0.3 is 24.7 Å². The average Bonchev–Trinajstić information content (AvgIpc) is 3.27. The van der Waals surface area contributed by atoms with Crippen molar-refractivity contribution in [1.82, 2.24) is 5.32 Å². The third-order valence-electron chi connectivity index (χ3n) is 5.39. The van der Waals surface area contributed by atoms with Gasteiger partial charge in [-0.3, -0.25) is 4.79 Å². The Hall–Kier alpha value is -4.10. The number of nitrogens with one attached hydrogen (secondary N) is 1. The maximum absolute atomic E-state index is 12.7. The second-order valence-electron chi connectivity index (χ2n) is 7.64. The van der Waals surface area contributed by atoms with Gasteiger partial charge >= 0.3 is 5.97 Å². The Kier molecular flexibility index (Phi) is 6.42. The standard InChI is InChI=1S/C26H23NO6/c1-32-21-9-10-23-20(13-21)14-24(33-23)25(29)27-22(26(30)31)12-16-5-7-18(8-6-16)19-4-2-3-17(11-19)15-28/h2-11,13-14,22,28H,12,15H2,1H3,(H,27,29)(H,30,31). The van der Waals surface area contributed by atoms with Crippen molar-refractivity contribution in [3.8, 4) is 16.9 Å². The zero-order chi connectivity index (χ0) is 23.4. The van der Waals surface area contributed by atoms with Crippen molar-refractivity contribution in [2.45, 2.75) is 19.1 Å². The van der Waals surface area contributed by atoms with Gasteiger partial charge in [0.15, 0.2) is 5.76 Å². The summed E-state index contributed by atoms with van der Waals surface area (Å²) in [5.41, 5.74) is 3.99. The minimum atomic E-state index is -1.14. The number of aliphatic hydroxyl groups is 1. The number of furan rings is 1. The summed E-state index contributed by atoms with van der Waals surface area (Å²) in [7, 11) is 1.55. The molecule has 33 heavy (non-hydrogen) atoms. The molecular formula is C26H23NO6. The summed E-state index contributed by atoms with van der Waals surface area (Å²) in [4.78, 5) is 24.5. The number of benzene rings is 3. The van der Waals surface area contributed by atoms with Gasteiger partial charge in [0.25, 0.3) is 5.91 Å². The lowest BCUT2D eigenvalue weighted by atomic mass is 9.99. The fourth-order valence-electron chi connectivity index (χ4n) is 3.61. The molecule has 0 radical (unpaired) electrons. The van der Waals surface area contributed by atoms with E-state index in [0.717, 1.165) is 22.3 Å². The molecule has 0 spiro atoms. The van der Waals surface area contributed by atoms with E-state index in [-0.39, 0.29) is 18.8 Å². The monoisotopic (exact) mass is 445 g/mol. The fraction of sp³-hybridized carbons (Fsp3) is 0.154. The SMILES string of the molecule is COc1ccc2oc(C(=O)NC(Cc3ccc(-c4cccc(CO)c4)cc3)C(=O)O)cc2c1. The van der Waals surface area contributed by atoms with Crippen LogP contribution >= 0.6 is 0 Å². The van der Waals surface area contributed by atoms with Crippen molar-refractivity contribution < 1.29 is 29.0 Å². The third kappa shape index (κ3) is 5.05. The molecular weight excluding hydrogens is 422 g/mol. The zero-order valence-corrected chi connectivity index (χ0v) is 17.9. The van der Waals surface area contributed by atoms with E-state index in [2.05, 4.69) is 5.32 Å². The highest BCUT2D eigenvalue weighted by Crippen LogP contribution is 2.25. The van der Waals surface area contributed by atoms with Crippen LogP contribution in [0.15, 0.2) is 77.2 Å². The van der Waals surface area contributed by atoms with Crippen LogP contribution in [0.2, 0.25) is 0 Å². The number of methoxy groups -OCH3 is 1. The van der Waals surface area contributed by atoms with Crippen molar-refractivity contribution in [2.75, 3.05) is 7.11 Å². The van der Waals surface area contributed by atoms with Gasteiger partial charge in [-0.15, -0.1) is 0 Å². The molecule has 168 valence electrons. The summed E-state index contributed by atoms with van der Waals surface area (Å²) in [5.74, 6) is -1.08. The number of aliphatic hydroxyl groups excluding tert-OH is 1. The summed E-state index contributed by atoms with van der Waals surface area (Å²) in [5, 5.41) is 22.2. The zero-order valence-electron chi connectivity index (χ0n) is 17.9. The molecule has 4 aromatic rings. The highest BCUT2D eigenvalue weighted by Gasteiger charge is 2.23. The van der Waals surface area contributed by atoms with Gasteiger partial charge in [-0.25, -0.2) is 4.79 Å². The van der Waals surface area contributed by atoms with Crippen LogP contribution in [0.1, 0.15) is 21.7 Å². The molecule has 3 N–H and O–H groups in total. The van der Waals surface area contributed by atoms with Crippen molar-refractivity contribution in [3.63, 3.8) is 0 Å². The first-order valence-electron chi connectivity index (χ1n) is 10.4.